The summed E-state index contributed by atoms with van der Waals surface area (Å²) in [6, 6.07) is 14.6. The van der Waals surface area contributed by atoms with Crippen molar-refractivity contribution in [3.05, 3.63) is 70.9 Å². The average molecular weight is 365 g/mol. The van der Waals surface area contributed by atoms with Crippen molar-refractivity contribution in [2.75, 3.05) is 10.6 Å². The van der Waals surface area contributed by atoms with Gasteiger partial charge in [0.15, 0.2) is 0 Å². The van der Waals surface area contributed by atoms with Crippen LogP contribution in [0.25, 0.3) is 5.69 Å². The number of para-hydroxylation sites is 1. The summed E-state index contributed by atoms with van der Waals surface area (Å²) < 4.78 is 1.62. The van der Waals surface area contributed by atoms with Gasteiger partial charge < -0.3 is 10.6 Å². The molecule has 1 atom stereocenters. The van der Waals surface area contributed by atoms with E-state index in [1.54, 1.807) is 23.0 Å². The number of amides is 2. The molecule has 26 heavy (non-hydrogen) atoms. The molecule has 1 spiro atoms. The Morgan fingerprint density at radius 1 is 1.00 bits per heavy atom. The number of halogens is 1. The van der Waals surface area contributed by atoms with E-state index in [0.717, 1.165) is 16.9 Å². The number of rotatable bonds is 1. The van der Waals surface area contributed by atoms with E-state index in [1.807, 2.05) is 36.4 Å². The molecule has 0 radical (unpaired) electrons. The summed E-state index contributed by atoms with van der Waals surface area (Å²) >= 11 is 5.96. The number of hydrogen-bond acceptors (Lipinski definition) is 3. The lowest BCUT2D eigenvalue weighted by molar-refractivity contribution is -0.125. The second-order valence-corrected chi connectivity index (χ2v) is 6.86. The topological polar surface area (TPSA) is 76.0 Å². The molecule has 1 aromatic heterocycles. The Morgan fingerprint density at radius 2 is 1.77 bits per heavy atom. The highest BCUT2D eigenvalue weighted by Crippen LogP contribution is 2.49. The molecule has 0 saturated carbocycles. The molecule has 2 aliphatic rings. The largest absolute Gasteiger partial charge is 0.325 e. The molecule has 0 saturated heterocycles. The van der Waals surface area contributed by atoms with Crippen LogP contribution in [0.3, 0.4) is 0 Å². The quantitative estimate of drug-likeness (QED) is 0.696. The van der Waals surface area contributed by atoms with Crippen LogP contribution in [0, 0.1) is 0 Å². The number of carbonyl (C=O) groups excluding carboxylic acids is 2. The van der Waals surface area contributed by atoms with Gasteiger partial charge in [-0.3, -0.25) is 9.59 Å². The van der Waals surface area contributed by atoms with Gasteiger partial charge in [0.1, 0.15) is 11.2 Å². The lowest BCUT2D eigenvalue weighted by Crippen LogP contribution is -2.43. The van der Waals surface area contributed by atoms with Crippen LogP contribution in [-0.2, 0) is 15.0 Å². The van der Waals surface area contributed by atoms with Gasteiger partial charge in [0.05, 0.1) is 11.9 Å². The van der Waals surface area contributed by atoms with Gasteiger partial charge in [0.25, 0.3) is 0 Å². The number of carbonyl (C=O) groups is 2. The lowest BCUT2D eigenvalue weighted by Gasteiger charge is -2.31. The molecule has 128 valence electrons. The molecular formula is C19H13ClN4O2. The molecule has 3 heterocycles. The van der Waals surface area contributed by atoms with Crippen LogP contribution in [0.15, 0.2) is 54.7 Å². The van der Waals surface area contributed by atoms with E-state index < -0.39 is 5.41 Å². The minimum atomic E-state index is -1.06. The van der Waals surface area contributed by atoms with Crippen molar-refractivity contribution < 1.29 is 9.59 Å². The van der Waals surface area contributed by atoms with E-state index in [4.69, 9.17) is 11.6 Å². The Labute approximate surface area is 153 Å². The fraction of sp³-hybridized carbons (Fsp3) is 0.105. The number of anilines is 2. The van der Waals surface area contributed by atoms with Gasteiger partial charge in [0.2, 0.25) is 11.8 Å². The molecule has 6 nitrogen and oxygen atoms in total. The molecule has 2 amide bonds. The number of fused-ring (bicyclic) bond motifs is 4. The van der Waals surface area contributed by atoms with Gasteiger partial charge in [-0.25, -0.2) is 4.68 Å². The minimum absolute atomic E-state index is 0.0508. The number of benzene rings is 2. The zero-order chi connectivity index (χ0) is 17.9. The summed E-state index contributed by atoms with van der Waals surface area (Å²) in [4.78, 5) is 25.5. The monoisotopic (exact) mass is 364 g/mol. The van der Waals surface area contributed by atoms with Crippen molar-refractivity contribution in [3.8, 4) is 5.69 Å². The third-order valence-electron chi connectivity index (χ3n) is 5.01. The summed E-state index contributed by atoms with van der Waals surface area (Å²) in [7, 11) is 0. The van der Waals surface area contributed by atoms with Crippen molar-refractivity contribution in [1.29, 1.82) is 0 Å². The van der Waals surface area contributed by atoms with Crippen LogP contribution in [-0.4, -0.2) is 21.6 Å². The maximum Gasteiger partial charge on any atom is 0.240 e. The van der Waals surface area contributed by atoms with Crippen LogP contribution in [0.1, 0.15) is 17.5 Å². The second kappa shape index (κ2) is 5.19. The normalized spacial score (nSPS) is 20.5. The maximum atomic E-state index is 13.0. The molecule has 2 aromatic carbocycles. The Morgan fingerprint density at radius 3 is 2.58 bits per heavy atom. The maximum absolute atomic E-state index is 13.0. The Kier molecular flexibility index (Phi) is 3.02. The molecule has 2 aliphatic heterocycles. The molecule has 5 rings (SSSR count). The van der Waals surface area contributed by atoms with Crippen molar-refractivity contribution in [2.45, 2.75) is 11.8 Å². The fourth-order valence-electron chi connectivity index (χ4n) is 3.83. The Balaban J connectivity index is 1.75. The second-order valence-electron chi connectivity index (χ2n) is 6.43. The SMILES string of the molecule is O=C1C[C@@]2(C(=O)Nc3ccccc32)c2cnn(-c3ccc(Cl)cc3)c2N1. The molecule has 2 N–H and O–H groups in total. The average Bonchev–Trinajstić information content (AvgIpc) is 3.16. The summed E-state index contributed by atoms with van der Waals surface area (Å²) in [6.45, 7) is 0. The zero-order valence-corrected chi connectivity index (χ0v) is 14.2. The van der Waals surface area contributed by atoms with Crippen molar-refractivity contribution >= 4 is 34.9 Å². The van der Waals surface area contributed by atoms with Crippen LogP contribution < -0.4 is 10.6 Å². The fourth-order valence-corrected chi connectivity index (χ4v) is 3.96. The summed E-state index contributed by atoms with van der Waals surface area (Å²) in [5.74, 6) is 0.0842. The highest BCUT2D eigenvalue weighted by atomic mass is 35.5. The zero-order valence-electron chi connectivity index (χ0n) is 13.5. The van der Waals surface area contributed by atoms with Crippen LogP contribution in [0.4, 0.5) is 11.5 Å². The van der Waals surface area contributed by atoms with E-state index in [0.29, 0.717) is 16.4 Å². The number of nitrogens with zero attached hydrogens (tertiary/aromatic N) is 2. The molecule has 0 unspecified atom stereocenters. The predicted molar refractivity (Wildman–Crippen MR) is 97.7 cm³/mol. The van der Waals surface area contributed by atoms with E-state index in [2.05, 4.69) is 15.7 Å². The number of aromatic nitrogens is 2. The predicted octanol–water partition coefficient (Wildman–Crippen LogP) is 3.11. The summed E-state index contributed by atoms with van der Waals surface area (Å²) in [5, 5.41) is 10.8. The van der Waals surface area contributed by atoms with Gasteiger partial charge in [-0.1, -0.05) is 29.8 Å². The molecule has 0 fully saturated rings. The molecular weight excluding hydrogens is 352 g/mol. The lowest BCUT2D eigenvalue weighted by atomic mass is 9.72. The third kappa shape index (κ3) is 1.90. The minimum Gasteiger partial charge on any atom is -0.325 e. The molecule has 7 heteroatoms. The first-order valence-electron chi connectivity index (χ1n) is 8.15. The standard InChI is InChI=1S/C19H13ClN4O2/c20-11-5-7-12(8-6-11)24-17-14(10-21-24)19(9-16(25)23-17)13-3-1-2-4-15(13)22-18(19)26/h1-8,10H,9H2,(H,22,26)(H,23,25)/t19-/m0/s1. The van der Waals surface area contributed by atoms with E-state index in [1.165, 1.54) is 0 Å². The molecule has 0 bridgehead atoms. The van der Waals surface area contributed by atoms with Crippen LogP contribution in [0.5, 0.6) is 0 Å². The Hall–Kier alpha value is -3.12. The molecule has 3 aromatic rings. The van der Waals surface area contributed by atoms with Gasteiger partial charge in [-0.2, -0.15) is 5.10 Å². The number of hydrogen-bond donors (Lipinski definition) is 2. The first-order chi connectivity index (χ1) is 12.6. The summed E-state index contributed by atoms with van der Waals surface area (Å²) in [6.07, 6.45) is 1.71. The first-order valence-corrected chi connectivity index (χ1v) is 8.53. The van der Waals surface area contributed by atoms with Gasteiger partial charge in [-0.05, 0) is 35.9 Å². The highest BCUT2D eigenvalue weighted by Gasteiger charge is 2.54. The smallest absolute Gasteiger partial charge is 0.240 e. The number of nitrogens with one attached hydrogen (secondary N) is 2. The summed E-state index contributed by atoms with van der Waals surface area (Å²) in [5.41, 5.74) is 1.92. The van der Waals surface area contributed by atoms with E-state index >= 15 is 0 Å². The first kappa shape index (κ1) is 15.2. The van der Waals surface area contributed by atoms with E-state index in [-0.39, 0.29) is 18.2 Å². The van der Waals surface area contributed by atoms with Crippen molar-refractivity contribution in [1.82, 2.24) is 9.78 Å². The molecule has 0 aliphatic carbocycles. The highest BCUT2D eigenvalue weighted by molar-refractivity contribution is 6.30. The third-order valence-corrected chi connectivity index (χ3v) is 5.26. The van der Waals surface area contributed by atoms with E-state index in [9.17, 15) is 9.59 Å². The van der Waals surface area contributed by atoms with Gasteiger partial charge in [-0.15, -0.1) is 0 Å². The van der Waals surface area contributed by atoms with Crippen molar-refractivity contribution in [2.24, 2.45) is 0 Å². The van der Waals surface area contributed by atoms with Gasteiger partial charge >= 0.3 is 0 Å². The van der Waals surface area contributed by atoms with Gasteiger partial charge in [0, 0.05) is 22.7 Å². The Bertz CT molecular complexity index is 1070. The van der Waals surface area contributed by atoms with Crippen LogP contribution >= 0.6 is 11.6 Å². The van der Waals surface area contributed by atoms with Crippen molar-refractivity contribution in [3.63, 3.8) is 0 Å². The van der Waals surface area contributed by atoms with Crippen LogP contribution in [0.2, 0.25) is 5.02 Å².